The van der Waals surface area contributed by atoms with E-state index in [1.54, 1.807) is 54.6 Å². The first-order valence-corrected chi connectivity index (χ1v) is 14.3. The Morgan fingerprint density at radius 1 is 0.884 bits per heavy atom. The molecular weight excluding hydrogens is 578 g/mol. The molecule has 5 aromatic rings. The summed E-state index contributed by atoms with van der Waals surface area (Å²) in [6, 6.07) is 25.8. The first-order chi connectivity index (χ1) is 20.3. The van der Waals surface area contributed by atoms with Crippen LogP contribution in [-0.4, -0.2) is 15.4 Å². The lowest BCUT2D eigenvalue weighted by atomic mass is 9.83. The van der Waals surface area contributed by atoms with Gasteiger partial charge >= 0.3 is 12.1 Å². The van der Waals surface area contributed by atoms with Gasteiger partial charge in [0.2, 0.25) is 5.76 Å². The lowest BCUT2D eigenvalue weighted by Crippen LogP contribution is -2.28. The molecule has 1 heterocycles. The van der Waals surface area contributed by atoms with Gasteiger partial charge in [-0.2, -0.15) is 13.2 Å². The van der Waals surface area contributed by atoms with Crippen molar-refractivity contribution in [2.24, 2.45) is 0 Å². The molecule has 9 heteroatoms. The lowest BCUT2D eigenvalue weighted by Gasteiger charge is -2.23. The summed E-state index contributed by atoms with van der Waals surface area (Å²) in [7, 11) is 0. The second kappa shape index (κ2) is 11.9. The van der Waals surface area contributed by atoms with E-state index in [9.17, 15) is 23.1 Å². The first-order valence-electron chi connectivity index (χ1n) is 13.5. The minimum atomic E-state index is -4.61. The van der Waals surface area contributed by atoms with Gasteiger partial charge in [0, 0.05) is 17.0 Å². The lowest BCUT2D eigenvalue weighted by molar-refractivity contribution is -0.153. The summed E-state index contributed by atoms with van der Waals surface area (Å²) in [5, 5.41) is 11.6. The number of fused-ring (bicyclic) bond motifs is 1. The molecule has 4 aromatic carbocycles. The van der Waals surface area contributed by atoms with E-state index in [1.165, 1.54) is 24.1 Å². The number of rotatable bonds is 9. The number of aryl methyl sites for hydroxylation is 1. The number of furan rings is 1. The standard InChI is InChI=1S/C34H29F4NO3S/c1-21-11-12-22-7-4-5-10-28(22)31(21)43-39(20-27-15-16-30(42-27)34(36,37)38)19-25-14-13-24(18-29(25)35)23-8-6-9-26(17-23)33(2,3)32(40)41/h4-18H,19-20H2,1-3H3,(H,40,41). The van der Waals surface area contributed by atoms with Crippen molar-refractivity contribution in [2.75, 3.05) is 0 Å². The van der Waals surface area contributed by atoms with Gasteiger partial charge in [0.25, 0.3) is 0 Å². The molecule has 0 fully saturated rings. The number of benzene rings is 4. The van der Waals surface area contributed by atoms with Crippen molar-refractivity contribution in [3.63, 3.8) is 0 Å². The molecule has 0 unspecified atom stereocenters. The van der Waals surface area contributed by atoms with E-state index < -0.39 is 29.1 Å². The molecule has 5 rings (SSSR count). The molecule has 0 spiro atoms. The molecule has 1 N–H and O–H groups in total. The number of hydrogen-bond donors (Lipinski definition) is 1. The Kier molecular flexibility index (Phi) is 8.40. The van der Waals surface area contributed by atoms with Crippen molar-refractivity contribution in [3.8, 4) is 11.1 Å². The number of alkyl halides is 3. The van der Waals surface area contributed by atoms with Crippen LogP contribution in [0, 0.1) is 12.7 Å². The number of carboxylic acids is 1. The molecule has 0 radical (unpaired) electrons. The van der Waals surface area contributed by atoms with Gasteiger partial charge in [0.1, 0.15) is 11.6 Å². The summed E-state index contributed by atoms with van der Waals surface area (Å²) in [6.07, 6.45) is -4.61. The quantitative estimate of drug-likeness (QED) is 0.134. The minimum Gasteiger partial charge on any atom is -0.481 e. The molecule has 0 saturated heterocycles. The van der Waals surface area contributed by atoms with Crippen molar-refractivity contribution in [3.05, 3.63) is 125 Å². The minimum absolute atomic E-state index is 0.00306. The molecule has 0 bridgehead atoms. The van der Waals surface area contributed by atoms with E-state index in [0.29, 0.717) is 22.3 Å². The summed E-state index contributed by atoms with van der Waals surface area (Å²) in [6.45, 7) is 5.25. The number of carboxylic acid groups (broad SMARTS) is 1. The maximum atomic E-state index is 15.6. The Balaban J connectivity index is 1.47. The SMILES string of the molecule is Cc1ccc2ccccc2c1SN(Cc1ccc(C(F)(F)F)o1)Cc1ccc(-c2cccc(C(C)(C)C(=O)O)c2)cc1F. The number of hydrogen-bond acceptors (Lipinski definition) is 4. The van der Waals surface area contributed by atoms with Gasteiger partial charge in [-0.05, 0) is 83.9 Å². The number of halogens is 4. The van der Waals surface area contributed by atoms with E-state index in [1.807, 2.05) is 43.3 Å². The van der Waals surface area contributed by atoms with Crippen LogP contribution < -0.4 is 0 Å². The highest BCUT2D eigenvalue weighted by molar-refractivity contribution is 7.97. The highest BCUT2D eigenvalue weighted by atomic mass is 32.2. The molecule has 43 heavy (non-hydrogen) atoms. The Morgan fingerprint density at radius 3 is 2.33 bits per heavy atom. The van der Waals surface area contributed by atoms with Crippen molar-refractivity contribution in [2.45, 2.75) is 50.3 Å². The third kappa shape index (κ3) is 6.63. The molecule has 0 aliphatic carbocycles. The highest BCUT2D eigenvalue weighted by Gasteiger charge is 2.35. The smallest absolute Gasteiger partial charge is 0.449 e. The molecule has 0 amide bonds. The number of aliphatic carboxylic acids is 1. The largest absolute Gasteiger partial charge is 0.481 e. The van der Waals surface area contributed by atoms with Gasteiger partial charge in [-0.1, -0.05) is 72.8 Å². The van der Waals surface area contributed by atoms with Crippen LogP contribution >= 0.6 is 11.9 Å². The van der Waals surface area contributed by atoms with Crippen molar-refractivity contribution in [1.29, 1.82) is 0 Å². The Morgan fingerprint density at radius 2 is 1.63 bits per heavy atom. The molecule has 4 nitrogen and oxygen atoms in total. The van der Waals surface area contributed by atoms with Crippen LogP contribution in [0.4, 0.5) is 17.6 Å². The zero-order valence-electron chi connectivity index (χ0n) is 23.7. The summed E-state index contributed by atoms with van der Waals surface area (Å²) in [4.78, 5) is 12.7. The molecule has 0 aliphatic heterocycles. The normalized spacial score (nSPS) is 12.3. The second-order valence-electron chi connectivity index (χ2n) is 10.9. The van der Waals surface area contributed by atoms with E-state index in [4.69, 9.17) is 4.42 Å². The van der Waals surface area contributed by atoms with E-state index in [2.05, 4.69) is 0 Å². The molecule has 1 aromatic heterocycles. The van der Waals surface area contributed by atoms with Gasteiger partial charge in [-0.3, -0.25) is 4.79 Å². The van der Waals surface area contributed by atoms with Gasteiger partial charge in [-0.15, -0.1) is 0 Å². The zero-order valence-corrected chi connectivity index (χ0v) is 24.5. The van der Waals surface area contributed by atoms with Crippen LogP contribution in [0.3, 0.4) is 0 Å². The Labute approximate surface area is 251 Å². The van der Waals surface area contributed by atoms with E-state index >= 15 is 4.39 Å². The van der Waals surface area contributed by atoms with Crippen molar-refractivity contribution < 1.29 is 31.9 Å². The van der Waals surface area contributed by atoms with Gasteiger partial charge in [0.05, 0.1) is 12.0 Å². The molecule has 0 atom stereocenters. The summed E-state index contributed by atoms with van der Waals surface area (Å²) in [5.41, 5.74) is 2.04. The third-order valence-corrected chi connectivity index (χ3v) is 8.66. The van der Waals surface area contributed by atoms with Gasteiger partial charge in [0.15, 0.2) is 0 Å². The Bertz CT molecular complexity index is 1790. The summed E-state index contributed by atoms with van der Waals surface area (Å²) in [5.74, 6) is -2.44. The van der Waals surface area contributed by atoms with Gasteiger partial charge < -0.3 is 9.52 Å². The first kappa shape index (κ1) is 30.4. The van der Waals surface area contributed by atoms with Crippen LogP contribution in [0.5, 0.6) is 0 Å². The average molecular weight is 608 g/mol. The molecule has 0 aliphatic rings. The monoisotopic (exact) mass is 607 g/mol. The van der Waals surface area contributed by atoms with Crippen LogP contribution in [0.15, 0.2) is 100 Å². The summed E-state index contributed by atoms with van der Waals surface area (Å²) < 4.78 is 62.2. The third-order valence-electron chi connectivity index (χ3n) is 7.42. The van der Waals surface area contributed by atoms with Crippen LogP contribution in [0.25, 0.3) is 21.9 Å². The summed E-state index contributed by atoms with van der Waals surface area (Å²) >= 11 is 1.34. The van der Waals surface area contributed by atoms with Crippen LogP contribution in [0.2, 0.25) is 0 Å². The Hall–Kier alpha value is -4.08. The topological polar surface area (TPSA) is 53.7 Å². The maximum Gasteiger partial charge on any atom is 0.449 e. The number of carbonyl (C=O) groups is 1. The molecule has 0 saturated carbocycles. The van der Waals surface area contributed by atoms with Crippen molar-refractivity contribution in [1.82, 2.24) is 4.31 Å². The second-order valence-corrected chi connectivity index (χ2v) is 12.0. The van der Waals surface area contributed by atoms with Gasteiger partial charge in [-0.25, -0.2) is 8.70 Å². The zero-order chi connectivity index (χ0) is 30.9. The highest BCUT2D eigenvalue weighted by Crippen LogP contribution is 2.37. The fourth-order valence-corrected chi connectivity index (χ4v) is 5.92. The van der Waals surface area contributed by atoms with Crippen LogP contribution in [0.1, 0.15) is 42.1 Å². The van der Waals surface area contributed by atoms with E-state index in [-0.39, 0.29) is 18.8 Å². The predicted molar refractivity (Wildman–Crippen MR) is 160 cm³/mol. The molecular formula is C34H29F4NO3S. The van der Waals surface area contributed by atoms with Crippen LogP contribution in [-0.2, 0) is 29.5 Å². The predicted octanol–water partition coefficient (Wildman–Crippen LogP) is 9.64. The fourth-order valence-electron chi connectivity index (χ4n) is 4.77. The average Bonchev–Trinajstić information content (AvgIpc) is 3.45. The van der Waals surface area contributed by atoms with E-state index in [0.717, 1.165) is 27.3 Å². The maximum absolute atomic E-state index is 15.6. The number of nitrogens with zero attached hydrogens (tertiary/aromatic N) is 1. The molecule has 222 valence electrons. The van der Waals surface area contributed by atoms with Crippen molar-refractivity contribution >= 4 is 28.7 Å². The fraction of sp³-hybridized carbons (Fsp3) is 0.206.